The van der Waals surface area contributed by atoms with Gasteiger partial charge in [0.1, 0.15) is 0 Å². The third-order valence-corrected chi connectivity index (χ3v) is 3.80. The zero-order valence-corrected chi connectivity index (χ0v) is 13.9. The van der Waals surface area contributed by atoms with E-state index in [1.807, 2.05) is 0 Å². The van der Waals surface area contributed by atoms with Crippen molar-refractivity contribution in [3.63, 3.8) is 0 Å². The molecule has 1 aromatic carbocycles. The number of hydrogen-bond donors (Lipinski definition) is 0. The molecular formula is C15H18Hf. The smallest absolute Gasteiger partial charge is 0 e. The van der Waals surface area contributed by atoms with Gasteiger partial charge in [-0.2, -0.15) is 0 Å². The molecule has 0 saturated heterocycles. The van der Waals surface area contributed by atoms with Gasteiger partial charge in [0.2, 0.25) is 0 Å². The second kappa shape index (κ2) is 3.94. The van der Waals surface area contributed by atoms with E-state index >= 15 is 0 Å². The van der Waals surface area contributed by atoms with Gasteiger partial charge in [-0.15, -0.1) is 0 Å². The van der Waals surface area contributed by atoms with Gasteiger partial charge in [-0.05, 0) is 46.4 Å². The van der Waals surface area contributed by atoms with Crippen molar-refractivity contribution in [1.29, 1.82) is 0 Å². The molecule has 0 aliphatic heterocycles. The minimum atomic E-state index is 0. The van der Waals surface area contributed by atoms with Gasteiger partial charge in [0, 0.05) is 25.8 Å². The fourth-order valence-corrected chi connectivity index (χ4v) is 3.04. The van der Waals surface area contributed by atoms with E-state index in [4.69, 9.17) is 0 Å². The molecule has 0 aromatic heterocycles. The van der Waals surface area contributed by atoms with Crippen LogP contribution in [0.1, 0.15) is 48.9 Å². The fourth-order valence-electron chi connectivity index (χ4n) is 3.04. The molecule has 2 aliphatic carbocycles. The van der Waals surface area contributed by atoms with Crippen LogP contribution in [0.5, 0.6) is 0 Å². The van der Waals surface area contributed by atoms with Gasteiger partial charge in [-0.25, -0.2) is 0 Å². The first-order valence-corrected chi connectivity index (χ1v) is 5.89. The van der Waals surface area contributed by atoms with Crippen molar-refractivity contribution in [2.24, 2.45) is 5.41 Å². The summed E-state index contributed by atoms with van der Waals surface area (Å²) in [5.74, 6) is 0.619. The minimum absolute atomic E-state index is 0. The topological polar surface area (TPSA) is 0 Å². The molecule has 0 saturated carbocycles. The predicted octanol–water partition coefficient (Wildman–Crippen LogP) is 3.94. The van der Waals surface area contributed by atoms with Crippen molar-refractivity contribution in [2.75, 3.05) is 0 Å². The zero-order chi connectivity index (χ0) is 10.6. The van der Waals surface area contributed by atoms with Crippen molar-refractivity contribution in [2.45, 2.75) is 39.5 Å². The maximum atomic E-state index is 2.45. The summed E-state index contributed by atoms with van der Waals surface area (Å²) in [6, 6.07) is 4.86. The molecule has 3 rings (SSSR count). The second-order valence-corrected chi connectivity index (χ2v) is 5.92. The summed E-state index contributed by atoms with van der Waals surface area (Å²) in [4.78, 5) is 0. The largest absolute Gasteiger partial charge is 0.0767 e. The Bertz CT molecular complexity index is 455. The van der Waals surface area contributed by atoms with Crippen LogP contribution in [0.4, 0.5) is 0 Å². The molecule has 16 heavy (non-hydrogen) atoms. The predicted molar refractivity (Wildman–Crippen MR) is 65.1 cm³/mol. The second-order valence-electron chi connectivity index (χ2n) is 5.92. The van der Waals surface area contributed by atoms with Crippen LogP contribution in [0.3, 0.4) is 0 Å². The van der Waals surface area contributed by atoms with E-state index in [9.17, 15) is 0 Å². The van der Waals surface area contributed by atoms with Gasteiger partial charge in [-0.1, -0.05) is 45.1 Å². The SMILES string of the molecule is CC1C=Cc2cc3c(cc21)CC(C)(C)C3.[Hf]. The first-order chi connectivity index (χ1) is 7.05. The van der Waals surface area contributed by atoms with Crippen molar-refractivity contribution >= 4 is 6.08 Å². The molecule has 1 heteroatoms. The van der Waals surface area contributed by atoms with Gasteiger partial charge < -0.3 is 0 Å². The summed E-state index contributed by atoms with van der Waals surface area (Å²) >= 11 is 0. The van der Waals surface area contributed by atoms with E-state index in [1.165, 1.54) is 24.0 Å². The molecule has 0 N–H and O–H groups in total. The molecule has 0 amide bonds. The Morgan fingerprint density at radius 3 is 2.44 bits per heavy atom. The molecule has 0 radical (unpaired) electrons. The van der Waals surface area contributed by atoms with Crippen LogP contribution in [-0.2, 0) is 38.7 Å². The van der Waals surface area contributed by atoms with Gasteiger partial charge in [0.15, 0.2) is 0 Å². The maximum absolute atomic E-state index is 2.45. The third-order valence-electron chi connectivity index (χ3n) is 3.80. The Balaban J connectivity index is 0.000000963. The number of fused-ring (bicyclic) bond motifs is 2. The molecule has 0 nitrogen and oxygen atoms in total. The van der Waals surface area contributed by atoms with Crippen LogP contribution >= 0.6 is 0 Å². The summed E-state index contributed by atoms with van der Waals surface area (Å²) in [5, 5.41) is 0. The zero-order valence-electron chi connectivity index (χ0n) is 10.3. The van der Waals surface area contributed by atoms with Gasteiger partial charge in [-0.3, -0.25) is 0 Å². The molecule has 0 fully saturated rings. The van der Waals surface area contributed by atoms with Crippen LogP contribution in [0.15, 0.2) is 18.2 Å². The quantitative estimate of drug-likeness (QED) is 0.602. The Morgan fingerprint density at radius 2 is 1.75 bits per heavy atom. The van der Waals surface area contributed by atoms with E-state index in [0.29, 0.717) is 11.3 Å². The van der Waals surface area contributed by atoms with Crippen molar-refractivity contribution in [1.82, 2.24) is 0 Å². The summed E-state index contributed by atoms with van der Waals surface area (Å²) in [5.41, 5.74) is 6.64. The normalized spacial score (nSPS) is 23.8. The molecule has 0 heterocycles. The van der Waals surface area contributed by atoms with E-state index in [0.717, 1.165) is 0 Å². The molecule has 1 unspecified atom stereocenters. The molecule has 82 valence electrons. The minimum Gasteiger partial charge on any atom is -0.0767 e. The number of allylic oxidation sites excluding steroid dienone is 1. The van der Waals surface area contributed by atoms with Gasteiger partial charge in [0.05, 0.1) is 0 Å². The van der Waals surface area contributed by atoms with Crippen LogP contribution < -0.4 is 0 Å². The summed E-state index contributed by atoms with van der Waals surface area (Å²) < 4.78 is 0. The van der Waals surface area contributed by atoms with Crippen molar-refractivity contribution in [3.8, 4) is 0 Å². The van der Waals surface area contributed by atoms with Crippen molar-refractivity contribution < 1.29 is 25.8 Å². The Hall–Kier alpha value is -0.170. The van der Waals surface area contributed by atoms with Gasteiger partial charge >= 0.3 is 0 Å². The molecular weight excluding hydrogens is 359 g/mol. The van der Waals surface area contributed by atoms with Crippen LogP contribution in [0.25, 0.3) is 6.08 Å². The number of hydrogen-bond acceptors (Lipinski definition) is 0. The van der Waals surface area contributed by atoms with Gasteiger partial charge in [0.25, 0.3) is 0 Å². The Kier molecular flexibility index (Phi) is 3.03. The van der Waals surface area contributed by atoms with Crippen LogP contribution in [-0.4, -0.2) is 0 Å². The average molecular weight is 377 g/mol. The van der Waals surface area contributed by atoms with E-state index in [1.54, 1.807) is 11.1 Å². The molecule has 1 atom stereocenters. The van der Waals surface area contributed by atoms with Crippen LogP contribution in [0, 0.1) is 5.41 Å². The molecule has 2 aliphatic rings. The van der Waals surface area contributed by atoms with Crippen molar-refractivity contribution in [3.05, 3.63) is 40.5 Å². The summed E-state index contributed by atoms with van der Waals surface area (Å²) in [6.07, 6.45) is 7.09. The molecule has 0 bridgehead atoms. The average Bonchev–Trinajstić information content (AvgIpc) is 2.62. The van der Waals surface area contributed by atoms with E-state index < -0.39 is 0 Å². The first kappa shape index (κ1) is 12.3. The first-order valence-electron chi connectivity index (χ1n) is 5.89. The number of rotatable bonds is 0. The van der Waals surface area contributed by atoms with E-state index in [-0.39, 0.29) is 25.8 Å². The third kappa shape index (κ3) is 1.88. The Labute approximate surface area is 117 Å². The monoisotopic (exact) mass is 378 g/mol. The summed E-state index contributed by atoms with van der Waals surface area (Å²) in [7, 11) is 0. The molecule has 1 aromatic rings. The van der Waals surface area contributed by atoms with Crippen LogP contribution in [0.2, 0.25) is 0 Å². The molecule has 0 spiro atoms. The maximum Gasteiger partial charge on any atom is 0 e. The fraction of sp³-hybridized carbons (Fsp3) is 0.467. The summed E-state index contributed by atoms with van der Waals surface area (Å²) in [6.45, 7) is 7.03. The standard InChI is InChI=1S/C15H18.Hf/c1-10-4-5-11-6-12-8-15(2,3)9-13(12)7-14(10)11;/h4-7,10H,8-9H2,1-3H3;. The number of benzene rings is 1. The van der Waals surface area contributed by atoms with E-state index in [2.05, 4.69) is 45.1 Å². The Morgan fingerprint density at radius 1 is 1.12 bits per heavy atom.